The van der Waals surface area contributed by atoms with Gasteiger partial charge in [0.1, 0.15) is 5.82 Å². The summed E-state index contributed by atoms with van der Waals surface area (Å²) in [6, 6.07) is 6.36. The van der Waals surface area contributed by atoms with E-state index in [4.69, 9.17) is 4.52 Å². The molecule has 8 heteroatoms. The molecule has 4 rings (SSSR count). The third kappa shape index (κ3) is 2.98. The van der Waals surface area contributed by atoms with Crippen molar-refractivity contribution in [2.75, 3.05) is 18.0 Å². The van der Waals surface area contributed by atoms with Crippen molar-refractivity contribution in [3.8, 4) is 11.4 Å². The summed E-state index contributed by atoms with van der Waals surface area (Å²) in [5, 5.41) is 3.92. The highest BCUT2D eigenvalue weighted by molar-refractivity contribution is 5.54. The molecule has 3 aromatic rings. The first-order valence-electron chi connectivity index (χ1n) is 8.48. The fraction of sp³-hybridized carbons (Fsp3) is 0.333. The number of nitrogens with zero attached hydrogens (tertiary/aromatic N) is 5. The minimum atomic E-state index is -0.374. The van der Waals surface area contributed by atoms with Gasteiger partial charge in [-0.25, -0.2) is 9.37 Å². The lowest BCUT2D eigenvalue weighted by molar-refractivity contribution is 0.329. The highest BCUT2D eigenvalue weighted by Gasteiger charge is 2.27. The first-order valence-corrected chi connectivity index (χ1v) is 8.48. The summed E-state index contributed by atoms with van der Waals surface area (Å²) in [7, 11) is 1.71. The van der Waals surface area contributed by atoms with Crippen LogP contribution in [-0.4, -0.2) is 32.8 Å². The number of piperidine rings is 1. The van der Waals surface area contributed by atoms with E-state index in [-0.39, 0.29) is 23.1 Å². The van der Waals surface area contributed by atoms with Crippen LogP contribution >= 0.6 is 0 Å². The van der Waals surface area contributed by atoms with E-state index in [0.717, 1.165) is 12.8 Å². The Morgan fingerprint density at radius 1 is 1.23 bits per heavy atom. The molecular formula is C18H18FN5O2. The molecule has 1 saturated heterocycles. The van der Waals surface area contributed by atoms with Crippen LogP contribution in [0.4, 0.5) is 10.2 Å². The predicted octanol–water partition coefficient (Wildman–Crippen LogP) is 2.35. The van der Waals surface area contributed by atoms with Crippen molar-refractivity contribution in [2.45, 2.75) is 18.8 Å². The molecule has 26 heavy (non-hydrogen) atoms. The molecule has 0 aliphatic carbocycles. The largest absolute Gasteiger partial charge is 0.352 e. The Morgan fingerprint density at radius 3 is 2.77 bits per heavy atom. The molecule has 0 spiro atoms. The molecule has 1 fully saturated rings. The fourth-order valence-corrected chi connectivity index (χ4v) is 3.19. The lowest BCUT2D eigenvalue weighted by Crippen LogP contribution is -2.38. The van der Waals surface area contributed by atoms with Gasteiger partial charge in [-0.2, -0.15) is 4.98 Å². The average Bonchev–Trinajstić information content (AvgIpc) is 3.14. The third-order valence-corrected chi connectivity index (χ3v) is 4.70. The van der Waals surface area contributed by atoms with Crippen molar-refractivity contribution in [3.63, 3.8) is 0 Å². The zero-order valence-electron chi connectivity index (χ0n) is 14.3. The lowest BCUT2D eigenvalue weighted by atomic mass is 9.97. The van der Waals surface area contributed by atoms with Crippen LogP contribution < -0.4 is 10.5 Å². The topological polar surface area (TPSA) is 77.1 Å². The second kappa shape index (κ2) is 6.70. The Hall–Kier alpha value is -3.03. The zero-order chi connectivity index (χ0) is 18.1. The van der Waals surface area contributed by atoms with Crippen LogP contribution in [0.3, 0.4) is 0 Å². The summed E-state index contributed by atoms with van der Waals surface area (Å²) in [6.45, 7) is 1.35. The number of hydrogen-bond acceptors (Lipinski definition) is 6. The minimum absolute atomic E-state index is 0.0897. The van der Waals surface area contributed by atoms with Gasteiger partial charge >= 0.3 is 0 Å². The van der Waals surface area contributed by atoms with Crippen molar-refractivity contribution in [1.82, 2.24) is 19.7 Å². The number of benzene rings is 1. The van der Waals surface area contributed by atoms with E-state index in [0.29, 0.717) is 30.4 Å². The molecule has 1 aliphatic rings. The molecule has 0 saturated carbocycles. The van der Waals surface area contributed by atoms with Gasteiger partial charge in [-0.05, 0) is 25.0 Å². The van der Waals surface area contributed by atoms with Crippen molar-refractivity contribution in [3.05, 3.63) is 58.7 Å². The Balaban J connectivity index is 1.48. The van der Waals surface area contributed by atoms with E-state index in [1.807, 2.05) is 4.90 Å². The normalized spacial score (nSPS) is 15.4. The number of halogens is 1. The molecular weight excluding hydrogens is 337 g/mol. The molecule has 134 valence electrons. The summed E-state index contributed by atoms with van der Waals surface area (Å²) in [4.78, 5) is 22.8. The molecule has 0 radical (unpaired) electrons. The smallest absolute Gasteiger partial charge is 0.293 e. The third-order valence-electron chi connectivity index (χ3n) is 4.70. The SMILES string of the molecule is Cn1ccnc(N2CCC(c3nc(-c4ccccc4F)no3)CC2)c1=O. The summed E-state index contributed by atoms with van der Waals surface area (Å²) in [5.74, 6) is 0.953. The van der Waals surface area contributed by atoms with Gasteiger partial charge in [0.15, 0.2) is 5.82 Å². The Kier molecular flexibility index (Phi) is 4.24. The summed E-state index contributed by atoms with van der Waals surface area (Å²) < 4.78 is 20.8. The van der Waals surface area contributed by atoms with Crippen LogP contribution in [0.2, 0.25) is 0 Å². The lowest BCUT2D eigenvalue weighted by Gasteiger charge is -2.30. The van der Waals surface area contributed by atoms with Crippen LogP contribution in [0, 0.1) is 5.82 Å². The molecule has 0 bridgehead atoms. The van der Waals surface area contributed by atoms with Gasteiger partial charge in [0.25, 0.3) is 5.56 Å². The second-order valence-corrected chi connectivity index (χ2v) is 6.36. The second-order valence-electron chi connectivity index (χ2n) is 6.36. The van der Waals surface area contributed by atoms with E-state index in [2.05, 4.69) is 15.1 Å². The molecule has 0 N–H and O–H groups in total. The van der Waals surface area contributed by atoms with E-state index >= 15 is 0 Å². The van der Waals surface area contributed by atoms with Crippen LogP contribution in [-0.2, 0) is 7.05 Å². The fourth-order valence-electron chi connectivity index (χ4n) is 3.19. The summed E-state index contributed by atoms with van der Waals surface area (Å²) in [5.41, 5.74) is 0.225. The van der Waals surface area contributed by atoms with Gasteiger partial charge in [-0.15, -0.1) is 0 Å². The van der Waals surface area contributed by atoms with Crippen LogP contribution in [0.15, 0.2) is 46.0 Å². The number of hydrogen-bond donors (Lipinski definition) is 0. The maximum atomic E-state index is 13.9. The molecule has 0 atom stereocenters. The monoisotopic (exact) mass is 355 g/mol. The number of rotatable bonds is 3. The van der Waals surface area contributed by atoms with Crippen LogP contribution in [0.25, 0.3) is 11.4 Å². The Labute approximate surface area is 149 Å². The molecule has 0 amide bonds. The molecule has 1 aliphatic heterocycles. The molecule has 2 aromatic heterocycles. The highest BCUT2D eigenvalue weighted by Crippen LogP contribution is 2.29. The van der Waals surface area contributed by atoms with Gasteiger partial charge in [0, 0.05) is 38.4 Å². The minimum Gasteiger partial charge on any atom is -0.352 e. The maximum absolute atomic E-state index is 13.9. The van der Waals surface area contributed by atoms with Crippen molar-refractivity contribution in [1.29, 1.82) is 0 Å². The first kappa shape index (κ1) is 16.4. The molecule has 7 nitrogen and oxygen atoms in total. The van der Waals surface area contributed by atoms with Gasteiger partial charge < -0.3 is 14.0 Å². The summed E-state index contributed by atoms with van der Waals surface area (Å²) >= 11 is 0. The van der Waals surface area contributed by atoms with E-state index in [1.54, 1.807) is 37.6 Å². The quantitative estimate of drug-likeness (QED) is 0.718. The number of anilines is 1. The standard InChI is InChI=1S/C18H18FN5O2/c1-23-11-8-20-16(18(23)25)24-9-6-12(7-10-24)17-21-15(22-26-17)13-4-2-3-5-14(13)19/h2-5,8,11-12H,6-7,9-10H2,1H3. The molecule has 3 heterocycles. The number of aromatic nitrogens is 4. The van der Waals surface area contributed by atoms with Crippen molar-refractivity contribution < 1.29 is 8.91 Å². The maximum Gasteiger partial charge on any atom is 0.293 e. The van der Waals surface area contributed by atoms with Crippen molar-refractivity contribution >= 4 is 5.82 Å². The summed E-state index contributed by atoms with van der Waals surface area (Å²) in [6.07, 6.45) is 4.79. The van der Waals surface area contributed by atoms with E-state index in [1.165, 1.54) is 10.6 Å². The van der Waals surface area contributed by atoms with Gasteiger partial charge in [-0.1, -0.05) is 17.3 Å². The Bertz CT molecular complexity index is 975. The predicted molar refractivity (Wildman–Crippen MR) is 93.4 cm³/mol. The van der Waals surface area contributed by atoms with Gasteiger partial charge in [0.2, 0.25) is 11.7 Å². The Morgan fingerprint density at radius 2 is 2.00 bits per heavy atom. The van der Waals surface area contributed by atoms with Crippen molar-refractivity contribution in [2.24, 2.45) is 7.05 Å². The van der Waals surface area contributed by atoms with Gasteiger partial charge in [-0.3, -0.25) is 4.79 Å². The van der Waals surface area contributed by atoms with E-state index in [9.17, 15) is 9.18 Å². The average molecular weight is 355 g/mol. The molecule has 1 aromatic carbocycles. The first-order chi connectivity index (χ1) is 12.6. The van der Waals surface area contributed by atoms with E-state index < -0.39 is 0 Å². The van der Waals surface area contributed by atoms with Crippen LogP contribution in [0.1, 0.15) is 24.7 Å². The highest BCUT2D eigenvalue weighted by atomic mass is 19.1. The van der Waals surface area contributed by atoms with Gasteiger partial charge in [0.05, 0.1) is 5.56 Å². The zero-order valence-corrected chi connectivity index (χ0v) is 14.3. The molecule has 0 unspecified atom stereocenters. The van der Waals surface area contributed by atoms with Crippen LogP contribution in [0.5, 0.6) is 0 Å². The number of aryl methyl sites for hydroxylation is 1.